The van der Waals surface area contributed by atoms with Crippen LogP contribution in [0.25, 0.3) is 5.65 Å². The first-order valence-electron chi connectivity index (χ1n) is 4.94. The van der Waals surface area contributed by atoms with Gasteiger partial charge in [0.25, 0.3) is 0 Å². The van der Waals surface area contributed by atoms with Crippen LogP contribution in [0.1, 0.15) is 5.69 Å². The zero-order valence-corrected chi connectivity index (χ0v) is 9.52. The first kappa shape index (κ1) is 11.1. The number of sulfone groups is 1. The first-order chi connectivity index (χ1) is 7.61. The van der Waals surface area contributed by atoms with Gasteiger partial charge in [-0.05, 0) is 12.1 Å². The summed E-state index contributed by atoms with van der Waals surface area (Å²) in [6.07, 6.45) is 3.56. The highest BCUT2D eigenvalue weighted by Gasteiger charge is 2.13. The van der Waals surface area contributed by atoms with Gasteiger partial charge in [0.1, 0.15) is 5.65 Å². The van der Waals surface area contributed by atoms with Crippen molar-refractivity contribution in [2.24, 2.45) is 5.73 Å². The van der Waals surface area contributed by atoms with Crippen LogP contribution < -0.4 is 5.73 Å². The second kappa shape index (κ2) is 4.23. The molecule has 6 heteroatoms. The zero-order chi connectivity index (χ0) is 11.6. The summed E-state index contributed by atoms with van der Waals surface area (Å²) in [7, 11) is -3.13. The van der Waals surface area contributed by atoms with Crippen LogP contribution >= 0.6 is 0 Å². The maximum Gasteiger partial charge on any atom is 0.157 e. The van der Waals surface area contributed by atoms with Gasteiger partial charge >= 0.3 is 0 Å². The Bertz CT molecular complexity index is 556. The number of hydrogen-bond donors (Lipinski definition) is 1. The molecule has 16 heavy (non-hydrogen) atoms. The monoisotopic (exact) mass is 239 g/mol. The van der Waals surface area contributed by atoms with Gasteiger partial charge in [-0.3, -0.25) is 0 Å². The Morgan fingerprint density at radius 2 is 2.19 bits per heavy atom. The molecule has 0 aliphatic heterocycles. The molecule has 5 nitrogen and oxygen atoms in total. The third kappa shape index (κ3) is 2.40. The van der Waals surface area contributed by atoms with E-state index in [4.69, 9.17) is 5.73 Å². The number of hydrogen-bond acceptors (Lipinski definition) is 4. The van der Waals surface area contributed by atoms with Crippen LogP contribution in [-0.2, 0) is 15.6 Å². The fourth-order valence-electron chi connectivity index (χ4n) is 1.53. The van der Waals surface area contributed by atoms with Crippen molar-refractivity contribution in [2.75, 3.05) is 12.3 Å². The van der Waals surface area contributed by atoms with Gasteiger partial charge in [0, 0.05) is 18.9 Å². The SMILES string of the molecule is NCCS(=O)(=O)Cc1cn2ccccc2n1. The molecule has 0 saturated carbocycles. The number of pyridine rings is 1. The average Bonchev–Trinajstić information content (AvgIpc) is 2.58. The van der Waals surface area contributed by atoms with Crippen molar-refractivity contribution in [3.05, 3.63) is 36.3 Å². The molecule has 0 spiro atoms. The second-order valence-corrected chi connectivity index (χ2v) is 5.76. The smallest absolute Gasteiger partial charge is 0.157 e. The predicted molar refractivity (Wildman–Crippen MR) is 61.7 cm³/mol. The lowest BCUT2D eigenvalue weighted by Crippen LogP contribution is -2.17. The Morgan fingerprint density at radius 3 is 2.88 bits per heavy atom. The quantitative estimate of drug-likeness (QED) is 0.827. The van der Waals surface area contributed by atoms with E-state index in [0.29, 0.717) is 5.69 Å². The fourth-order valence-corrected chi connectivity index (χ4v) is 2.63. The lowest BCUT2D eigenvalue weighted by Gasteiger charge is -1.98. The van der Waals surface area contributed by atoms with E-state index in [9.17, 15) is 8.42 Å². The summed E-state index contributed by atoms with van der Waals surface area (Å²) < 4.78 is 24.9. The number of fused-ring (bicyclic) bond motifs is 1. The van der Waals surface area contributed by atoms with Crippen LogP contribution in [0.2, 0.25) is 0 Å². The molecular weight excluding hydrogens is 226 g/mol. The molecule has 86 valence electrons. The second-order valence-electron chi connectivity index (χ2n) is 3.58. The molecule has 2 aromatic rings. The Morgan fingerprint density at radius 1 is 1.38 bits per heavy atom. The van der Waals surface area contributed by atoms with Gasteiger partial charge in [0.05, 0.1) is 17.2 Å². The summed E-state index contributed by atoms with van der Waals surface area (Å²) in [5.74, 6) is -0.0489. The predicted octanol–water partition coefficient (Wildman–Crippen LogP) is 0.208. The van der Waals surface area contributed by atoms with Gasteiger partial charge in [0.15, 0.2) is 9.84 Å². The van der Waals surface area contributed by atoms with Gasteiger partial charge in [-0.1, -0.05) is 6.07 Å². The number of imidazole rings is 1. The summed E-state index contributed by atoms with van der Waals surface area (Å²) in [6.45, 7) is 0.149. The Labute approximate surface area is 93.8 Å². The van der Waals surface area contributed by atoms with E-state index in [0.717, 1.165) is 5.65 Å². The van der Waals surface area contributed by atoms with E-state index < -0.39 is 9.84 Å². The van der Waals surface area contributed by atoms with Crippen LogP contribution in [0.4, 0.5) is 0 Å². The Balaban J connectivity index is 2.28. The summed E-state index contributed by atoms with van der Waals surface area (Å²) in [4.78, 5) is 4.22. The lowest BCUT2D eigenvalue weighted by molar-refractivity contribution is 0.594. The fraction of sp³-hybridized carbons (Fsp3) is 0.300. The molecule has 0 atom stereocenters. The molecule has 0 aliphatic carbocycles. The maximum absolute atomic E-state index is 11.5. The zero-order valence-electron chi connectivity index (χ0n) is 8.70. The van der Waals surface area contributed by atoms with E-state index >= 15 is 0 Å². The molecule has 2 heterocycles. The van der Waals surface area contributed by atoms with Crippen molar-refractivity contribution in [3.63, 3.8) is 0 Å². The van der Waals surface area contributed by atoms with Gasteiger partial charge in [-0.2, -0.15) is 0 Å². The Kier molecular flexibility index (Phi) is 2.93. The van der Waals surface area contributed by atoms with Crippen LogP contribution in [0.15, 0.2) is 30.6 Å². The maximum atomic E-state index is 11.5. The average molecular weight is 239 g/mol. The van der Waals surface area contributed by atoms with Crippen LogP contribution in [0, 0.1) is 0 Å². The molecule has 2 rings (SSSR count). The molecule has 0 saturated heterocycles. The molecule has 0 bridgehead atoms. The van der Waals surface area contributed by atoms with E-state index in [1.165, 1.54) is 0 Å². The molecule has 0 amide bonds. The van der Waals surface area contributed by atoms with Gasteiger partial charge in [0.2, 0.25) is 0 Å². The summed E-state index contributed by atoms with van der Waals surface area (Å²) in [5.41, 5.74) is 6.54. The number of aromatic nitrogens is 2. The molecule has 0 radical (unpaired) electrons. The minimum atomic E-state index is -3.13. The van der Waals surface area contributed by atoms with Crippen molar-refractivity contribution in [3.8, 4) is 0 Å². The topological polar surface area (TPSA) is 77.5 Å². The molecular formula is C10H13N3O2S. The summed E-state index contributed by atoms with van der Waals surface area (Å²) in [6, 6.07) is 5.56. The Hall–Kier alpha value is -1.40. The van der Waals surface area contributed by atoms with Crippen molar-refractivity contribution in [1.29, 1.82) is 0 Å². The lowest BCUT2D eigenvalue weighted by atomic mass is 10.5. The molecule has 0 fully saturated rings. The van der Waals surface area contributed by atoms with E-state index in [1.54, 1.807) is 10.6 Å². The van der Waals surface area contributed by atoms with Crippen LogP contribution in [0.5, 0.6) is 0 Å². The minimum Gasteiger partial charge on any atom is -0.329 e. The number of rotatable bonds is 4. The van der Waals surface area contributed by atoms with E-state index in [-0.39, 0.29) is 18.1 Å². The minimum absolute atomic E-state index is 0.000865. The largest absolute Gasteiger partial charge is 0.329 e. The number of nitrogens with two attached hydrogens (primary N) is 1. The summed E-state index contributed by atoms with van der Waals surface area (Å²) >= 11 is 0. The first-order valence-corrected chi connectivity index (χ1v) is 6.76. The van der Waals surface area contributed by atoms with Crippen LogP contribution in [0.3, 0.4) is 0 Å². The molecule has 0 unspecified atom stereocenters. The standard InChI is InChI=1S/C10H13N3O2S/c11-4-6-16(14,15)8-9-7-13-5-2-1-3-10(13)12-9/h1-3,5,7H,4,6,8,11H2. The third-order valence-electron chi connectivity index (χ3n) is 2.21. The van der Waals surface area contributed by atoms with Crippen molar-refractivity contribution >= 4 is 15.5 Å². The van der Waals surface area contributed by atoms with Gasteiger partial charge < -0.3 is 10.1 Å². The molecule has 2 aromatic heterocycles. The highest BCUT2D eigenvalue weighted by molar-refractivity contribution is 7.90. The molecule has 0 aliphatic rings. The van der Waals surface area contributed by atoms with E-state index in [2.05, 4.69) is 4.98 Å². The highest BCUT2D eigenvalue weighted by Crippen LogP contribution is 2.08. The van der Waals surface area contributed by atoms with Gasteiger partial charge in [-0.25, -0.2) is 13.4 Å². The normalized spacial score (nSPS) is 12.1. The third-order valence-corrected chi connectivity index (χ3v) is 3.80. The van der Waals surface area contributed by atoms with Crippen molar-refractivity contribution in [2.45, 2.75) is 5.75 Å². The highest BCUT2D eigenvalue weighted by atomic mass is 32.2. The van der Waals surface area contributed by atoms with E-state index in [1.807, 2.05) is 24.4 Å². The molecule has 2 N–H and O–H groups in total. The summed E-state index contributed by atoms with van der Waals surface area (Å²) in [5, 5.41) is 0. The van der Waals surface area contributed by atoms with Crippen molar-refractivity contribution < 1.29 is 8.42 Å². The van der Waals surface area contributed by atoms with Gasteiger partial charge in [-0.15, -0.1) is 0 Å². The van der Waals surface area contributed by atoms with Crippen LogP contribution in [-0.4, -0.2) is 30.1 Å². The van der Waals surface area contributed by atoms with Crippen molar-refractivity contribution in [1.82, 2.24) is 9.38 Å². The number of nitrogens with zero attached hydrogens (tertiary/aromatic N) is 2. The molecule has 0 aromatic carbocycles.